The van der Waals surface area contributed by atoms with Gasteiger partial charge in [-0.05, 0) is 58.7 Å². The van der Waals surface area contributed by atoms with Gasteiger partial charge in [0.2, 0.25) is 0 Å². The molecule has 1 amide bonds. The molecular weight excluding hydrogens is 470 g/mol. The molecule has 1 aromatic carbocycles. The van der Waals surface area contributed by atoms with Crippen molar-refractivity contribution in [3.05, 3.63) is 57.3 Å². The van der Waals surface area contributed by atoms with E-state index in [0.29, 0.717) is 4.67 Å². The third-order valence-electron chi connectivity index (χ3n) is 5.11. The summed E-state index contributed by atoms with van der Waals surface area (Å²) in [7, 11) is 0. The molecule has 1 aliphatic rings. The van der Waals surface area contributed by atoms with Crippen molar-refractivity contribution in [1.29, 1.82) is 0 Å². The summed E-state index contributed by atoms with van der Waals surface area (Å²) in [5, 5.41) is 4.90. The second-order valence-electron chi connectivity index (χ2n) is 6.87. The van der Waals surface area contributed by atoms with Gasteiger partial charge < -0.3 is 9.73 Å². The molecule has 0 spiro atoms. The molecule has 1 N–H and O–H groups in total. The zero-order valence-corrected chi connectivity index (χ0v) is 18.9. The van der Waals surface area contributed by atoms with Gasteiger partial charge in [0, 0.05) is 23.5 Å². The van der Waals surface area contributed by atoms with Crippen LogP contribution in [0.4, 0.5) is 5.00 Å². The number of para-hydroxylation sites is 1. The first-order valence-electron chi connectivity index (χ1n) is 9.42. The van der Waals surface area contributed by atoms with Gasteiger partial charge >= 0.3 is 0 Å². The SMILES string of the molecule is CCN1CCc2c(sc(NC(=O)c3ccc(Br)o3)c2-c2nc3ccccc3s2)C1. The Bertz CT molecular complexity index is 1180. The van der Waals surface area contributed by atoms with Crippen molar-refractivity contribution in [2.45, 2.75) is 19.9 Å². The highest BCUT2D eigenvalue weighted by Gasteiger charge is 2.27. The number of thiophene rings is 1. The Hall–Kier alpha value is -2.00. The maximum Gasteiger partial charge on any atom is 0.292 e. The van der Waals surface area contributed by atoms with Crippen LogP contribution >= 0.6 is 38.6 Å². The number of fused-ring (bicyclic) bond motifs is 2. The number of carbonyl (C=O) groups excluding carboxylic acids is 1. The first kappa shape index (κ1) is 19.0. The molecule has 0 unspecified atom stereocenters. The maximum atomic E-state index is 12.8. The Morgan fingerprint density at radius 1 is 1.28 bits per heavy atom. The van der Waals surface area contributed by atoms with Crippen LogP contribution in [0.25, 0.3) is 20.8 Å². The van der Waals surface area contributed by atoms with Gasteiger partial charge in [-0.2, -0.15) is 0 Å². The van der Waals surface area contributed by atoms with Gasteiger partial charge in [0.25, 0.3) is 5.91 Å². The van der Waals surface area contributed by atoms with Gasteiger partial charge in [-0.25, -0.2) is 4.98 Å². The molecule has 0 aliphatic carbocycles. The van der Waals surface area contributed by atoms with Crippen LogP contribution in [0.1, 0.15) is 27.9 Å². The van der Waals surface area contributed by atoms with Crippen molar-refractivity contribution in [1.82, 2.24) is 9.88 Å². The average molecular weight is 488 g/mol. The zero-order chi connectivity index (χ0) is 20.0. The first-order chi connectivity index (χ1) is 14.1. The number of halogens is 1. The van der Waals surface area contributed by atoms with E-state index < -0.39 is 0 Å². The number of benzene rings is 1. The Morgan fingerprint density at radius 3 is 2.90 bits per heavy atom. The molecule has 0 saturated heterocycles. The summed E-state index contributed by atoms with van der Waals surface area (Å²) in [5.74, 6) is 0.0395. The Balaban J connectivity index is 1.59. The van der Waals surface area contributed by atoms with E-state index in [-0.39, 0.29) is 11.7 Å². The number of thiazole rings is 1. The van der Waals surface area contributed by atoms with Crippen molar-refractivity contribution in [3.63, 3.8) is 0 Å². The van der Waals surface area contributed by atoms with E-state index in [4.69, 9.17) is 9.40 Å². The molecular formula is C21H18BrN3O2S2. The Morgan fingerprint density at radius 2 is 2.14 bits per heavy atom. The second-order valence-corrected chi connectivity index (χ2v) is 9.79. The molecule has 4 heterocycles. The number of amides is 1. The fourth-order valence-electron chi connectivity index (χ4n) is 3.62. The lowest BCUT2D eigenvalue weighted by molar-refractivity contribution is 0.0996. The molecule has 0 bridgehead atoms. The number of nitrogens with one attached hydrogen (secondary N) is 1. The van der Waals surface area contributed by atoms with Gasteiger partial charge in [-0.3, -0.25) is 9.69 Å². The number of aromatic nitrogens is 1. The van der Waals surface area contributed by atoms with E-state index in [9.17, 15) is 4.79 Å². The van der Waals surface area contributed by atoms with Crippen LogP contribution in [0.15, 0.2) is 45.5 Å². The van der Waals surface area contributed by atoms with Crippen LogP contribution in [0.2, 0.25) is 0 Å². The lowest BCUT2D eigenvalue weighted by Gasteiger charge is -2.25. The van der Waals surface area contributed by atoms with Gasteiger partial charge in [-0.1, -0.05) is 19.1 Å². The zero-order valence-electron chi connectivity index (χ0n) is 15.7. The molecule has 0 radical (unpaired) electrons. The highest BCUT2D eigenvalue weighted by molar-refractivity contribution is 9.10. The van der Waals surface area contributed by atoms with Crippen molar-refractivity contribution in [2.24, 2.45) is 0 Å². The normalized spacial score (nSPS) is 14.3. The molecule has 3 aromatic heterocycles. The van der Waals surface area contributed by atoms with E-state index in [2.05, 4.69) is 39.1 Å². The smallest absolute Gasteiger partial charge is 0.292 e. The van der Waals surface area contributed by atoms with Crippen LogP contribution in [-0.4, -0.2) is 28.9 Å². The van der Waals surface area contributed by atoms with E-state index in [1.807, 2.05) is 18.2 Å². The number of furan rings is 1. The largest absolute Gasteiger partial charge is 0.444 e. The second kappa shape index (κ2) is 7.68. The summed E-state index contributed by atoms with van der Waals surface area (Å²) in [6.45, 7) is 5.15. The van der Waals surface area contributed by atoms with E-state index in [0.717, 1.165) is 51.8 Å². The van der Waals surface area contributed by atoms with Crippen molar-refractivity contribution in [3.8, 4) is 10.6 Å². The Labute approximate surface area is 184 Å². The number of rotatable bonds is 4. The predicted molar refractivity (Wildman–Crippen MR) is 122 cm³/mol. The molecule has 0 fully saturated rings. The van der Waals surface area contributed by atoms with Crippen LogP contribution in [0, 0.1) is 0 Å². The number of anilines is 1. The molecule has 0 saturated carbocycles. The number of hydrogen-bond donors (Lipinski definition) is 1. The van der Waals surface area contributed by atoms with Gasteiger partial charge in [0.1, 0.15) is 10.0 Å². The third kappa shape index (κ3) is 3.54. The number of likely N-dealkylation sites (N-methyl/N-ethyl adjacent to an activating group) is 1. The fourth-order valence-corrected chi connectivity index (χ4v) is 6.32. The topological polar surface area (TPSA) is 58.4 Å². The minimum absolute atomic E-state index is 0.246. The molecule has 1 aliphatic heterocycles. The standard InChI is InChI=1S/C21H18BrN3O2S2/c1-2-25-10-9-12-16(11-25)29-21(24-19(26)14-7-8-17(22)27-14)18(12)20-23-13-5-3-4-6-15(13)28-20/h3-8H,2,9-11H2,1H3,(H,24,26). The molecule has 29 heavy (non-hydrogen) atoms. The minimum Gasteiger partial charge on any atom is -0.444 e. The quantitative estimate of drug-likeness (QED) is 0.382. The lowest BCUT2D eigenvalue weighted by Crippen LogP contribution is -2.29. The van der Waals surface area contributed by atoms with E-state index in [1.165, 1.54) is 10.4 Å². The highest BCUT2D eigenvalue weighted by Crippen LogP contribution is 2.45. The van der Waals surface area contributed by atoms with Crippen LogP contribution in [0.3, 0.4) is 0 Å². The van der Waals surface area contributed by atoms with Gasteiger partial charge in [0.05, 0.1) is 10.2 Å². The third-order valence-corrected chi connectivity index (χ3v) is 7.73. The average Bonchev–Trinajstić information content (AvgIpc) is 3.42. The first-order valence-corrected chi connectivity index (χ1v) is 11.8. The summed E-state index contributed by atoms with van der Waals surface area (Å²) in [6.07, 6.45) is 0.965. The summed E-state index contributed by atoms with van der Waals surface area (Å²) in [4.78, 5) is 21.4. The number of carbonyl (C=O) groups is 1. The van der Waals surface area contributed by atoms with Crippen molar-refractivity contribution >= 4 is 59.7 Å². The summed E-state index contributed by atoms with van der Waals surface area (Å²) in [6, 6.07) is 11.6. The molecule has 4 aromatic rings. The Kier molecular flexibility index (Phi) is 5.03. The lowest BCUT2D eigenvalue weighted by atomic mass is 10.0. The van der Waals surface area contributed by atoms with Crippen LogP contribution < -0.4 is 5.32 Å². The molecule has 8 heteroatoms. The van der Waals surface area contributed by atoms with Gasteiger partial charge in [0.15, 0.2) is 10.4 Å². The molecule has 0 atom stereocenters. The summed E-state index contributed by atoms with van der Waals surface area (Å²) >= 11 is 6.59. The molecule has 148 valence electrons. The number of hydrogen-bond acceptors (Lipinski definition) is 6. The summed E-state index contributed by atoms with van der Waals surface area (Å²) in [5.41, 5.74) is 3.38. The minimum atomic E-state index is -0.246. The van der Waals surface area contributed by atoms with Crippen LogP contribution in [0.5, 0.6) is 0 Å². The van der Waals surface area contributed by atoms with E-state index >= 15 is 0 Å². The van der Waals surface area contributed by atoms with Crippen LogP contribution in [-0.2, 0) is 13.0 Å². The fraction of sp³-hybridized carbons (Fsp3) is 0.238. The number of nitrogens with zero attached hydrogens (tertiary/aromatic N) is 2. The van der Waals surface area contributed by atoms with Crippen molar-refractivity contribution in [2.75, 3.05) is 18.4 Å². The molecule has 5 rings (SSSR count). The molecule has 5 nitrogen and oxygen atoms in total. The van der Waals surface area contributed by atoms with E-state index in [1.54, 1.807) is 34.8 Å². The summed E-state index contributed by atoms with van der Waals surface area (Å²) < 4.78 is 7.13. The monoisotopic (exact) mass is 487 g/mol. The van der Waals surface area contributed by atoms with Crippen molar-refractivity contribution < 1.29 is 9.21 Å². The highest BCUT2D eigenvalue weighted by atomic mass is 79.9. The predicted octanol–water partition coefficient (Wildman–Crippen LogP) is 6.01. The van der Waals surface area contributed by atoms with Gasteiger partial charge in [-0.15, -0.1) is 22.7 Å². The maximum absolute atomic E-state index is 12.8.